The van der Waals surface area contributed by atoms with Crippen LogP contribution in [-0.2, 0) is 9.47 Å². The van der Waals surface area contributed by atoms with Crippen molar-refractivity contribution < 1.29 is 9.47 Å². The summed E-state index contributed by atoms with van der Waals surface area (Å²) in [6, 6.07) is 0. The molecule has 0 aliphatic rings. The summed E-state index contributed by atoms with van der Waals surface area (Å²) in [7, 11) is 2.92. The van der Waals surface area contributed by atoms with E-state index in [-0.39, 0.29) is 5.41 Å². The minimum Gasteiger partial charge on any atom is -0.357 e. The highest BCUT2D eigenvalue weighted by Gasteiger charge is 2.24. The van der Waals surface area contributed by atoms with Crippen LogP contribution < -0.4 is 0 Å². The SMILES string of the molecule is C=C[SiH2]C(CC)(OC)OC. The molecule has 0 fully saturated rings. The molecule has 0 aliphatic heterocycles. The lowest BCUT2D eigenvalue weighted by Gasteiger charge is -2.28. The Hall–Kier alpha value is -0.123. The molecule has 0 aromatic rings. The van der Waals surface area contributed by atoms with E-state index in [0.29, 0.717) is 0 Å². The normalized spacial score (nSPS) is 12.7. The average Bonchev–Trinajstić information content (AvgIpc) is 2.01. The largest absolute Gasteiger partial charge is 0.357 e. The van der Waals surface area contributed by atoms with Crippen molar-refractivity contribution in [2.75, 3.05) is 14.2 Å². The first-order chi connectivity index (χ1) is 4.74. The molecular formula is C7H16O2Si. The fourth-order valence-electron chi connectivity index (χ4n) is 0.903. The Bertz CT molecular complexity index is 91.5. The van der Waals surface area contributed by atoms with Gasteiger partial charge in [-0.25, -0.2) is 0 Å². The highest BCUT2D eigenvalue weighted by atomic mass is 28.2. The second-order valence-corrected chi connectivity index (χ2v) is 4.23. The molecule has 0 unspecified atom stereocenters. The van der Waals surface area contributed by atoms with E-state index in [9.17, 15) is 0 Å². The summed E-state index contributed by atoms with van der Waals surface area (Å²) in [6.45, 7) is 5.75. The van der Waals surface area contributed by atoms with Crippen molar-refractivity contribution in [3.63, 3.8) is 0 Å². The van der Waals surface area contributed by atoms with Gasteiger partial charge in [0, 0.05) is 14.2 Å². The molecule has 0 saturated carbocycles. The van der Waals surface area contributed by atoms with E-state index in [1.54, 1.807) is 14.2 Å². The van der Waals surface area contributed by atoms with Crippen molar-refractivity contribution in [1.82, 2.24) is 0 Å². The molecule has 0 aliphatic carbocycles. The summed E-state index contributed by atoms with van der Waals surface area (Å²) in [5, 5.41) is 0. The third kappa shape index (κ3) is 2.25. The monoisotopic (exact) mass is 160 g/mol. The van der Waals surface area contributed by atoms with Crippen molar-refractivity contribution in [1.29, 1.82) is 0 Å². The molecule has 0 radical (unpaired) electrons. The Morgan fingerprint density at radius 2 is 2.00 bits per heavy atom. The van der Waals surface area contributed by atoms with E-state index in [2.05, 4.69) is 13.5 Å². The van der Waals surface area contributed by atoms with E-state index >= 15 is 0 Å². The third-order valence-corrected chi connectivity index (χ3v) is 3.73. The zero-order valence-electron chi connectivity index (χ0n) is 7.02. The maximum absolute atomic E-state index is 5.24. The summed E-state index contributed by atoms with van der Waals surface area (Å²) in [5.74, 6) is 0. The average molecular weight is 160 g/mol. The van der Waals surface area contributed by atoms with Gasteiger partial charge in [0.2, 0.25) is 0 Å². The second kappa shape index (κ2) is 4.66. The fraction of sp³-hybridized carbons (Fsp3) is 0.714. The molecule has 0 aromatic carbocycles. The summed E-state index contributed by atoms with van der Waals surface area (Å²) in [6.07, 6.45) is 0.901. The molecule has 3 heteroatoms. The van der Waals surface area contributed by atoms with Gasteiger partial charge < -0.3 is 9.47 Å². The maximum Gasteiger partial charge on any atom is 0.148 e. The van der Waals surface area contributed by atoms with Crippen LogP contribution in [0.5, 0.6) is 0 Å². The minimum absolute atomic E-state index is 0.304. The van der Waals surface area contributed by atoms with Crippen LogP contribution in [0.4, 0.5) is 0 Å². The molecule has 0 amide bonds. The highest BCUT2D eigenvalue weighted by Crippen LogP contribution is 2.13. The van der Waals surface area contributed by atoms with Crippen LogP contribution in [0.3, 0.4) is 0 Å². The number of rotatable bonds is 5. The Morgan fingerprint density at radius 1 is 1.50 bits per heavy atom. The molecule has 0 aromatic heterocycles. The van der Waals surface area contributed by atoms with Crippen molar-refractivity contribution in [3.05, 3.63) is 12.3 Å². The van der Waals surface area contributed by atoms with E-state index < -0.39 is 9.52 Å². The topological polar surface area (TPSA) is 18.5 Å². The van der Waals surface area contributed by atoms with Crippen LogP contribution in [0, 0.1) is 0 Å². The Kier molecular flexibility index (Phi) is 4.60. The predicted molar refractivity (Wildman–Crippen MR) is 45.8 cm³/mol. The molecule has 0 rings (SSSR count). The van der Waals surface area contributed by atoms with Crippen molar-refractivity contribution in [2.45, 2.75) is 18.8 Å². The summed E-state index contributed by atoms with van der Waals surface area (Å²) in [5.41, 5.74) is 1.64. The lowest BCUT2D eigenvalue weighted by molar-refractivity contribution is -0.145. The van der Waals surface area contributed by atoms with Gasteiger partial charge in [-0.1, -0.05) is 6.92 Å². The van der Waals surface area contributed by atoms with Crippen LogP contribution >= 0.6 is 0 Å². The highest BCUT2D eigenvalue weighted by molar-refractivity contribution is 6.45. The standard InChI is InChI=1S/C7H16O2Si/c1-5-7(8-3,9-4)10-6-2/h6H,2,5,10H2,1,3-4H3. The van der Waals surface area contributed by atoms with Crippen molar-refractivity contribution in [3.8, 4) is 0 Å². The van der Waals surface area contributed by atoms with Gasteiger partial charge in [0.05, 0.1) is 0 Å². The Morgan fingerprint density at radius 3 is 2.10 bits per heavy atom. The molecule has 0 spiro atoms. The van der Waals surface area contributed by atoms with Crippen LogP contribution in [0.1, 0.15) is 13.3 Å². The van der Waals surface area contributed by atoms with Gasteiger partial charge in [-0.05, 0) is 6.42 Å². The van der Waals surface area contributed by atoms with Crippen molar-refractivity contribution >= 4 is 9.52 Å². The quantitative estimate of drug-likeness (QED) is 0.434. The molecular weight excluding hydrogens is 144 g/mol. The maximum atomic E-state index is 5.24. The smallest absolute Gasteiger partial charge is 0.148 e. The second-order valence-electron chi connectivity index (χ2n) is 2.17. The minimum atomic E-state index is -0.452. The number of ether oxygens (including phenoxy) is 2. The molecule has 0 heterocycles. The van der Waals surface area contributed by atoms with Gasteiger partial charge in [-0.2, -0.15) is 0 Å². The van der Waals surface area contributed by atoms with Crippen LogP contribution in [0.15, 0.2) is 12.3 Å². The Labute approximate surface area is 65.0 Å². The van der Waals surface area contributed by atoms with Gasteiger partial charge >= 0.3 is 0 Å². The van der Waals surface area contributed by atoms with Gasteiger partial charge in [0.1, 0.15) is 14.9 Å². The van der Waals surface area contributed by atoms with Crippen LogP contribution in [-0.4, -0.2) is 29.1 Å². The summed E-state index contributed by atoms with van der Waals surface area (Å²) >= 11 is 0. The van der Waals surface area contributed by atoms with Gasteiger partial charge in [-0.15, -0.1) is 12.3 Å². The van der Waals surface area contributed by atoms with E-state index in [1.807, 2.05) is 5.70 Å². The molecule has 2 nitrogen and oxygen atoms in total. The fourth-order valence-corrected chi connectivity index (χ4v) is 1.96. The molecule has 60 valence electrons. The van der Waals surface area contributed by atoms with Crippen LogP contribution in [0.2, 0.25) is 0 Å². The molecule has 0 saturated heterocycles. The van der Waals surface area contributed by atoms with E-state index in [4.69, 9.17) is 9.47 Å². The van der Waals surface area contributed by atoms with E-state index in [1.165, 1.54) is 0 Å². The zero-order chi connectivity index (χ0) is 8.04. The first kappa shape index (κ1) is 9.88. The molecule has 0 bridgehead atoms. The Balaban J connectivity index is 4.00. The molecule has 0 N–H and O–H groups in total. The molecule has 0 atom stereocenters. The number of hydrogen-bond donors (Lipinski definition) is 0. The van der Waals surface area contributed by atoms with Gasteiger partial charge in [0.25, 0.3) is 0 Å². The first-order valence-corrected chi connectivity index (χ1v) is 4.98. The summed E-state index contributed by atoms with van der Waals surface area (Å²) < 4.78 is 10.5. The predicted octanol–water partition coefficient (Wildman–Crippen LogP) is 0.655. The lowest BCUT2D eigenvalue weighted by atomic mass is 10.5. The zero-order valence-corrected chi connectivity index (χ0v) is 8.43. The number of hydrogen-bond acceptors (Lipinski definition) is 2. The number of methoxy groups -OCH3 is 2. The summed E-state index contributed by atoms with van der Waals surface area (Å²) in [4.78, 5) is 0. The van der Waals surface area contributed by atoms with E-state index in [0.717, 1.165) is 6.42 Å². The van der Waals surface area contributed by atoms with Gasteiger partial charge in [0.15, 0.2) is 0 Å². The van der Waals surface area contributed by atoms with Gasteiger partial charge in [-0.3, -0.25) is 0 Å². The molecule has 10 heavy (non-hydrogen) atoms. The third-order valence-electron chi connectivity index (χ3n) is 1.74. The van der Waals surface area contributed by atoms with Crippen molar-refractivity contribution in [2.24, 2.45) is 0 Å². The van der Waals surface area contributed by atoms with Crippen LogP contribution in [0.25, 0.3) is 0 Å². The lowest BCUT2D eigenvalue weighted by Crippen LogP contribution is -2.38. The first-order valence-electron chi connectivity index (χ1n) is 3.46.